The largest absolute Gasteiger partial charge is 0.484 e. The fraction of sp³-hybridized carbons (Fsp3) is 0.259. The first-order chi connectivity index (χ1) is 16.0. The summed E-state index contributed by atoms with van der Waals surface area (Å²) in [4.78, 5) is 28.0. The molecule has 0 aliphatic rings. The number of carbonyl (C=O) groups is 2. The van der Waals surface area contributed by atoms with Crippen molar-refractivity contribution < 1.29 is 18.7 Å². The van der Waals surface area contributed by atoms with Gasteiger partial charge in [-0.1, -0.05) is 60.7 Å². The van der Waals surface area contributed by atoms with Crippen LogP contribution in [0.4, 0.5) is 4.39 Å². The molecule has 0 fully saturated rings. The summed E-state index contributed by atoms with van der Waals surface area (Å²) in [5, 5.41) is 2.85. The topological polar surface area (TPSA) is 58.6 Å². The van der Waals surface area contributed by atoms with E-state index in [1.807, 2.05) is 62.4 Å². The highest BCUT2D eigenvalue weighted by molar-refractivity contribution is 5.88. The van der Waals surface area contributed by atoms with E-state index in [1.54, 1.807) is 18.2 Å². The number of nitrogens with zero attached hydrogens (tertiary/aromatic N) is 1. The average Bonchev–Trinajstić information content (AvgIpc) is 2.82. The predicted octanol–water partition coefficient (Wildman–Crippen LogP) is 4.29. The van der Waals surface area contributed by atoms with Gasteiger partial charge in [0.25, 0.3) is 5.91 Å². The fourth-order valence-corrected chi connectivity index (χ4v) is 3.57. The number of ether oxygens (including phenoxy) is 1. The first-order valence-electron chi connectivity index (χ1n) is 11.0. The third-order valence-corrected chi connectivity index (χ3v) is 5.33. The molecule has 0 aromatic heterocycles. The number of benzene rings is 3. The Kier molecular flexibility index (Phi) is 8.58. The smallest absolute Gasteiger partial charge is 0.261 e. The van der Waals surface area contributed by atoms with Gasteiger partial charge in [-0.2, -0.15) is 0 Å². The van der Waals surface area contributed by atoms with Crippen LogP contribution in [0, 0.1) is 12.7 Å². The highest BCUT2D eigenvalue weighted by Gasteiger charge is 2.30. The molecule has 0 radical (unpaired) electrons. The van der Waals surface area contributed by atoms with Crippen LogP contribution in [0.1, 0.15) is 23.6 Å². The van der Waals surface area contributed by atoms with Gasteiger partial charge in [-0.3, -0.25) is 9.59 Å². The molecule has 172 valence electrons. The summed E-state index contributed by atoms with van der Waals surface area (Å²) in [5.74, 6) is -0.309. The van der Waals surface area contributed by atoms with Crippen molar-refractivity contribution in [3.05, 3.63) is 101 Å². The molecule has 5 nitrogen and oxygen atoms in total. The van der Waals surface area contributed by atoms with E-state index in [4.69, 9.17) is 4.74 Å². The lowest BCUT2D eigenvalue weighted by molar-refractivity contribution is -0.142. The maximum absolute atomic E-state index is 13.4. The number of likely N-dealkylation sites (N-methyl/N-ethyl adjacent to an activating group) is 1. The molecular weight excluding hydrogens is 419 g/mol. The summed E-state index contributed by atoms with van der Waals surface area (Å²) < 4.78 is 19.2. The van der Waals surface area contributed by atoms with Crippen molar-refractivity contribution in [3.63, 3.8) is 0 Å². The second kappa shape index (κ2) is 11.8. The maximum atomic E-state index is 13.4. The van der Waals surface area contributed by atoms with Crippen LogP contribution >= 0.6 is 0 Å². The second-order valence-electron chi connectivity index (χ2n) is 7.80. The SMILES string of the molecule is CCNC(=O)[C@H](Cc1ccccc1)N(Cc1ccc(F)cc1)C(=O)COc1ccccc1C. The van der Waals surface area contributed by atoms with E-state index in [2.05, 4.69) is 5.32 Å². The summed E-state index contributed by atoms with van der Waals surface area (Å²) in [7, 11) is 0. The summed E-state index contributed by atoms with van der Waals surface area (Å²) in [6.07, 6.45) is 0.351. The quantitative estimate of drug-likeness (QED) is 0.503. The number of rotatable bonds is 10. The summed E-state index contributed by atoms with van der Waals surface area (Å²) >= 11 is 0. The predicted molar refractivity (Wildman–Crippen MR) is 126 cm³/mol. The third-order valence-electron chi connectivity index (χ3n) is 5.33. The molecule has 0 aliphatic heterocycles. The lowest BCUT2D eigenvalue weighted by atomic mass is 10.0. The van der Waals surface area contributed by atoms with Crippen molar-refractivity contribution in [2.24, 2.45) is 0 Å². The molecule has 0 bridgehead atoms. The number of hydrogen-bond acceptors (Lipinski definition) is 3. The molecule has 1 N–H and O–H groups in total. The Bertz CT molecular complexity index is 1050. The van der Waals surface area contributed by atoms with E-state index in [9.17, 15) is 14.0 Å². The highest BCUT2D eigenvalue weighted by atomic mass is 19.1. The van der Waals surface area contributed by atoms with Crippen molar-refractivity contribution in [2.45, 2.75) is 32.9 Å². The lowest BCUT2D eigenvalue weighted by Crippen LogP contribution is -2.51. The van der Waals surface area contributed by atoms with Crippen molar-refractivity contribution in [1.29, 1.82) is 0 Å². The minimum absolute atomic E-state index is 0.158. The molecule has 33 heavy (non-hydrogen) atoms. The van der Waals surface area contributed by atoms with Gasteiger partial charge in [0, 0.05) is 19.5 Å². The normalized spacial score (nSPS) is 11.5. The van der Waals surface area contributed by atoms with Gasteiger partial charge in [-0.25, -0.2) is 4.39 Å². The highest BCUT2D eigenvalue weighted by Crippen LogP contribution is 2.18. The van der Waals surface area contributed by atoms with Gasteiger partial charge in [-0.15, -0.1) is 0 Å². The van der Waals surface area contributed by atoms with Gasteiger partial charge in [0.2, 0.25) is 5.91 Å². The molecule has 0 saturated heterocycles. The average molecular weight is 449 g/mol. The van der Waals surface area contributed by atoms with Crippen LogP contribution in [0.25, 0.3) is 0 Å². The van der Waals surface area contributed by atoms with Gasteiger partial charge >= 0.3 is 0 Å². The van der Waals surface area contributed by atoms with E-state index in [1.165, 1.54) is 17.0 Å². The molecule has 6 heteroatoms. The van der Waals surface area contributed by atoms with Crippen LogP contribution in [0.5, 0.6) is 5.75 Å². The second-order valence-corrected chi connectivity index (χ2v) is 7.80. The van der Waals surface area contributed by atoms with Gasteiger partial charge in [0.05, 0.1) is 0 Å². The Hall–Kier alpha value is -3.67. The minimum atomic E-state index is -0.745. The Labute approximate surface area is 194 Å². The summed E-state index contributed by atoms with van der Waals surface area (Å²) in [5.41, 5.74) is 2.58. The van der Waals surface area contributed by atoms with Gasteiger partial charge in [0.1, 0.15) is 17.6 Å². The Morgan fingerprint density at radius 3 is 2.27 bits per heavy atom. The Balaban J connectivity index is 1.89. The van der Waals surface area contributed by atoms with Crippen LogP contribution in [0.15, 0.2) is 78.9 Å². The number of carbonyl (C=O) groups excluding carboxylic acids is 2. The van der Waals surface area contributed by atoms with Crippen molar-refractivity contribution in [3.8, 4) is 5.75 Å². The zero-order valence-corrected chi connectivity index (χ0v) is 19.0. The fourth-order valence-electron chi connectivity index (χ4n) is 3.57. The van der Waals surface area contributed by atoms with E-state index >= 15 is 0 Å². The van der Waals surface area contributed by atoms with Gasteiger partial charge in [0.15, 0.2) is 6.61 Å². The first-order valence-corrected chi connectivity index (χ1v) is 11.0. The minimum Gasteiger partial charge on any atom is -0.484 e. The number of hydrogen-bond donors (Lipinski definition) is 1. The zero-order valence-electron chi connectivity index (χ0n) is 19.0. The number of amides is 2. The van der Waals surface area contributed by atoms with Crippen LogP contribution in [-0.4, -0.2) is 35.9 Å². The van der Waals surface area contributed by atoms with Crippen LogP contribution in [0.2, 0.25) is 0 Å². The Morgan fingerprint density at radius 2 is 1.61 bits per heavy atom. The van der Waals surface area contributed by atoms with Gasteiger partial charge in [-0.05, 0) is 48.7 Å². The van der Waals surface area contributed by atoms with Crippen molar-refractivity contribution in [2.75, 3.05) is 13.2 Å². The first kappa shape index (κ1) is 24.0. The molecule has 0 unspecified atom stereocenters. The third kappa shape index (κ3) is 6.91. The monoisotopic (exact) mass is 448 g/mol. The molecule has 0 heterocycles. The molecule has 3 aromatic rings. The van der Waals surface area contributed by atoms with E-state index in [0.29, 0.717) is 18.7 Å². The van der Waals surface area contributed by atoms with Crippen molar-refractivity contribution in [1.82, 2.24) is 10.2 Å². The summed E-state index contributed by atoms with van der Waals surface area (Å²) in [6.45, 7) is 4.14. The molecule has 3 aromatic carbocycles. The number of aryl methyl sites for hydroxylation is 1. The molecule has 1 atom stereocenters. The molecule has 0 spiro atoms. The standard InChI is InChI=1S/C27H29FN2O3/c1-3-29-27(32)24(17-21-10-5-4-6-11-21)30(18-22-13-15-23(28)16-14-22)26(31)19-33-25-12-8-7-9-20(25)2/h4-16,24H,3,17-19H2,1-2H3,(H,29,32)/t24-/m0/s1. The van der Waals surface area contributed by atoms with Gasteiger partial charge < -0.3 is 15.0 Å². The van der Waals surface area contributed by atoms with Crippen LogP contribution < -0.4 is 10.1 Å². The van der Waals surface area contributed by atoms with Crippen molar-refractivity contribution >= 4 is 11.8 Å². The molecule has 2 amide bonds. The lowest BCUT2D eigenvalue weighted by Gasteiger charge is -2.31. The number of halogens is 1. The summed E-state index contributed by atoms with van der Waals surface area (Å²) in [6, 6.07) is 22.2. The molecule has 0 saturated carbocycles. The number of nitrogens with one attached hydrogen (secondary N) is 1. The van der Waals surface area contributed by atoms with E-state index < -0.39 is 6.04 Å². The molecule has 3 rings (SSSR count). The zero-order chi connectivity index (χ0) is 23.6. The number of para-hydroxylation sites is 1. The van der Waals surface area contributed by atoms with E-state index in [-0.39, 0.29) is 30.8 Å². The van der Waals surface area contributed by atoms with Crippen LogP contribution in [0.3, 0.4) is 0 Å². The van der Waals surface area contributed by atoms with Crippen LogP contribution in [-0.2, 0) is 22.6 Å². The molecular formula is C27H29FN2O3. The maximum Gasteiger partial charge on any atom is 0.261 e. The van der Waals surface area contributed by atoms with E-state index in [0.717, 1.165) is 16.7 Å². The Morgan fingerprint density at radius 1 is 0.939 bits per heavy atom. The molecule has 0 aliphatic carbocycles.